The van der Waals surface area contributed by atoms with Gasteiger partial charge in [0, 0.05) is 10.4 Å². The number of benzene rings is 2. The largest absolute Gasteiger partial charge is 0.462 e. The number of hydrogen-bond acceptors (Lipinski definition) is 6. The number of thiophene rings is 1. The van der Waals surface area contributed by atoms with Crippen LogP contribution in [0.3, 0.4) is 0 Å². The second-order valence-electron chi connectivity index (χ2n) is 6.93. The van der Waals surface area contributed by atoms with Crippen LogP contribution in [0.1, 0.15) is 43.6 Å². The van der Waals surface area contributed by atoms with Crippen LogP contribution in [0.15, 0.2) is 59.5 Å². The SMILES string of the molecule is CCOC(=O)c1c(NC(=O)c2ccc(CS(=O)(=O)c3ccccc3)cc2)sc(C)c1C. The number of esters is 1. The minimum Gasteiger partial charge on any atom is -0.462 e. The molecule has 3 aromatic rings. The summed E-state index contributed by atoms with van der Waals surface area (Å²) in [6.07, 6.45) is 0. The average Bonchev–Trinajstić information content (AvgIpc) is 3.02. The van der Waals surface area contributed by atoms with Crippen LogP contribution in [0.2, 0.25) is 0 Å². The molecule has 0 aliphatic heterocycles. The van der Waals surface area contributed by atoms with Gasteiger partial charge in [0.05, 0.1) is 22.8 Å². The molecule has 0 fully saturated rings. The maximum atomic E-state index is 12.7. The lowest BCUT2D eigenvalue weighted by Gasteiger charge is -2.08. The molecule has 0 saturated heterocycles. The van der Waals surface area contributed by atoms with Gasteiger partial charge in [0.2, 0.25) is 0 Å². The summed E-state index contributed by atoms with van der Waals surface area (Å²) in [7, 11) is -3.47. The van der Waals surface area contributed by atoms with Gasteiger partial charge in [-0.3, -0.25) is 4.79 Å². The van der Waals surface area contributed by atoms with E-state index >= 15 is 0 Å². The van der Waals surface area contributed by atoms with Gasteiger partial charge >= 0.3 is 5.97 Å². The van der Waals surface area contributed by atoms with Crippen LogP contribution in [-0.2, 0) is 20.3 Å². The molecule has 6 nitrogen and oxygen atoms in total. The van der Waals surface area contributed by atoms with Crippen molar-refractivity contribution in [3.8, 4) is 0 Å². The third-order valence-electron chi connectivity index (χ3n) is 4.77. The lowest BCUT2D eigenvalue weighted by molar-refractivity contribution is 0.0527. The number of carbonyl (C=O) groups is 2. The van der Waals surface area contributed by atoms with Crippen molar-refractivity contribution in [2.75, 3.05) is 11.9 Å². The molecule has 0 saturated carbocycles. The van der Waals surface area contributed by atoms with Crippen LogP contribution in [0.25, 0.3) is 0 Å². The fourth-order valence-electron chi connectivity index (χ4n) is 3.02. The number of rotatable bonds is 7. The number of carbonyl (C=O) groups excluding carboxylic acids is 2. The number of anilines is 1. The smallest absolute Gasteiger partial charge is 0.341 e. The van der Waals surface area contributed by atoms with Gasteiger partial charge in [0.1, 0.15) is 5.00 Å². The highest BCUT2D eigenvalue weighted by atomic mass is 32.2. The molecule has 0 atom stereocenters. The van der Waals surface area contributed by atoms with Gasteiger partial charge in [-0.2, -0.15) is 0 Å². The third kappa shape index (κ3) is 5.21. The van der Waals surface area contributed by atoms with Crippen molar-refractivity contribution in [1.29, 1.82) is 0 Å². The molecular formula is C23H23NO5S2. The highest BCUT2D eigenvalue weighted by Gasteiger charge is 2.22. The molecule has 0 radical (unpaired) electrons. The normalized spacial score (nSPS) is 11.2. The van der Waals surface area contributed by atoms with Gasteiger partial charge < -0.3 is 10.1 Å². The van der Waals surface area contributed by atoms with E-state index in [0.29, 0.717) is 21.7 Å². The van der Waals surface area contributed by atoms with Gasteiger partial charge in [-0.1, -0.05) is 30.3 Å². The monoisotopic (exact) mass is 457 g/mol. The summed E-state index contributed by atoms with van der Waals surface area (Å²) in [5, 5.41) is 3.22. The van der Waals surface area contributed by atoms with E-state index < -0.39 is 15.8 Å². The van der Waals surface area contributed by atoms with Crippen LogP contribution in [-0.4, -0.2) is 26.9 Å². The topological polar surface area (TPSA) is 89.5 Å². The zero-order chi connectivity index (χ0) is 22.6. The Hall–Kier alpha value is -2.97. The van der Waals surface area contributed by atoms with Crippen molar-refractivity contribution in [2.45, 2.75) is 31.4 Å². The Kier molecular flexibility index (Phi) is 6.92. The molecule has 1 aromatic heterocycles. The van der Waals surface area contributed by atoms with E-state index in [-0.39, 0.29) is 23.2 Å². The lowest BCUT2D eigenvalue weighted by Crippen LogP contribution is -2.15. The van der Waals surface area contributed by atoms with E-state index in [9.17, 15) is 18.0 Å². The van der Waals surface area contributed by atoms with Crippen molar-refractivity contribution in [2.24, 2.45) is 0 Å². The highest BCUT2D eigenvalue weighted by molar-refractivity contribution is 7.90. The van der Waals surface area contributed by atoms with Crippen LogP contribution in [0, 0.1) is 13.8 Å². The number of amides is 1. The number of nitrogens with one attached hydrogen (secondary N) is 1. The van der Waals surface area contributed by atoms with Gasteiger partial charge in [0.25, 0.3) is 5.91 Å². The maximum absolute atomic E-state index is 12.7. The Balaban J connectivity index is 1.76. The predicted molar refractivity (Wildman–Crippen MR) is 121 cm³/mol. The van der Waals surface area contributed by atoms with Gasteiger partial charge in [-0.25, -0.2) is 13.2 Å². The van der Waals surface area contributed by atoms with E-state index in [1.807, 2.05) is 13.8 Å². The fourth-order valence-corrected chi connectivity index (χ4v) is 5.44. The molecule has 0 bridgehead atoms. The molecule has 1 amide bonds. The number of aryl methyl sites for hydroxylation is 1. The van der Waals surface area contributed by atoms with E-state index in [4.69, 9.17) is 4.74 Å². The van der Waals surface area contributed by atoms with Crippen LogP contribution < -0.4 is 5.32 Å². The number of sulfone groups is 1. The Morgan fingerprint density at radius 2 is 1.65 bits per heavy atom. The Labute approximate surface area is 185 Å². The van der Waals surface area contributed by atoms with Crippen LogP contribution in [0.5, 0.6) is 0 Å². The molecule has 8 heteroatoms. The highest BCUT2D eigenvalue weighted by Crippen LogP contribution is 2.33. The van der Waals surface area contributed by atoms with Crippen LogP contribution in [0.4, 0.5) is 5.00 Å². The van der Waals surface area contributed by atoms with Gasteiger partial charge in [-0.15, -0.1) is 11.3 Å². The molecule has 162 valence electrons. The predicted octanol–water partition coefficient (Wildman–Crippen LogP) is 4.77. The third-order valence-corrected chi connectivity index (χ3v) is 7.59. The van der Waals surface area contributed by atoms with Crippen molar-refractivity contribution in [1.82, 2.24) is 0 Å². The van der Waals surface area contributed by atoms with E-state index in [0.717, 1.165) is 10.4 Å². The van der Waals surface area contributed by atoms with Crippen molar-refractivity contribution >= 4 is 38.1 Å². The summed E-state index contributed by atoms with van der Waals surface area (Å²) in [6.45, 7) is 5.66. The summed E-state index contributed by atoms with van der Waals surface area (Å²) < 4.78 is 30.2. The lowest BCUT2D eigenvalue weighted by atomic mass is 10.1. The Morgan fingerprint density at radius 1 is 1.00 bits per heavy atom. The molecule has 31 heavy (non-hydrogen) atoms. The van der Waals surface area contributed by atoms with E-state index in [1.165, 1.54) is 11.3 Å². The molecular weight excluding hydrogens is 434 g/mol. The summed E-state index contributed by atoms with van der Waals surface area (Å²) in [5.41, 5.74) is 2.08. The van der Waals surface area contributed by atoms with E-state index in [2.05, 4.69) is 5.32 Å². The first kappa shape index (κ1) is 22.7. The first-order valence-corrected chi connectivity index (χ1v) is 12.1. The molecule has 2 aromatic carbocycles. The minimum atomic E-state index is -3.47. The molecule has 1 N–H and O–H groups in total. The first-order valence-electron chi connectivity index (χ1n) is 9.68. The average molecular weight is 458 g/mol. The van der Waals surface area contributed by atoms with Gasteiger partial charge in [-0.05, 0) is 56.2 Å². The second kappa shape index (κ2) is 9.45. The van der Waals surface area contributed by atoms with Crippen molar-refractivity contribution < 1.29 is 22.7 Å². The summed E-state index contributed by atoms with van der Waals surface area (Å²) in [5.74, 6) is -1.01. The minimum absolute atomic E-state index is 0.158. The first-order chi connectivity index (χ1) is 14.7. The van der Waals surface area contributed by atoms with E-state index in [1.54, 1.807) is 61.5 Å². The standard InChI is InChI=1S/C23H23NO5S2/c1-4-29-23(26)20-15(2)16(3)30-22(20)24-21(25)18-12-10-17(11-13-18)14-31(27,28)19-8-6-5-7-9-19/h5-13H,4,14H2,1-3H3,(H,24,25). The number of ether oxygens (including phenoxy) is 1. The molecule has 0 aliphatic carbocycles. The molecule has 3 rings (SSSR count). The van der Waals surface area contributed by atoms with Gasteiger partial charge in [0.15, 0.2) is 9.84 Å². The van der Waals surface area contributed by atoms with Crippen molar-refractivity contribution in [3.05, 3.63) is 81.7 Å². The molecule has 0 spiro atoms. The zero-order valence-corrected chi connectivity index (χ0v) is 19.1. The Morgan fingerprint density at radius 3 is 2.26 bits per heavy atom. The molecule has 0 aliphatic rings. The number of hydrogen-bond donors (Lipinski definition) is 1. The summed E-state index contributed by atoms with van der Waals surface area (Å²) in [4.78, 5) is 26.2. The maximum Gasteiger partial charge on any atom is 0.341 e. The second-order valence-corrected chi connectivity index (χ2v) is 10.1. The summed E-state index contributed by atoms with van der Waals surface area (Å²) >= 11 is 1.31. The van der Waals surface area contributed by atoms with Crippen LogP contribution >= 0.6 is 11.3 Å². The fraction of sp³-hybridized carbons (Fsp3) is 0.217. The zero-order valence-electron chi connectivity index (χ0n) is 17.5. The molecule has 1 heterocycles. The molecule has 0 unspecified atom stereocenters. The Bertz CT molecular complexity index is 1200. The quantitative estimate of drug-likeness (QED) is 0.516. The van der Waals surface area contributed by atoms with Crippen molar-refractivity contribution in [3.63, 3.8) is 0 Å². The summed E-state index contributed by atoms with van der Waals surface area (Å²) in [6, 6.07) is 14.6.